The number of unbranched alkanes of at least 4 members (excludes halogenated alkanes) is 1. The summed E-state index contributed by atoms with van der Waals surface area (Å²) in [5.74, 6) is -0.797. The third kappa shape index (κ3) is 9.17. The van der Waals surface area contributed by atoms with Crippen LogP contribution in [0.2, 0.25) is 0 Å². The van der Waals surface area contributed by atoms with Gasteiger partial charge in [0.2, 0.25) is 0 Å². The maximum absolute atomic E-state index is 13.5. The standard InChI is InChI=1S/C32H40N6O8S/c1-5-7-18-41-25-23(35-37-33)20(4)43-32(47-6-2)28(25)46-31-27(45-30(40)22-16-12-9-13-17-22)26(24(36-38-34)19(3)42-31)44-29(39)21-14-10-8-11-15-21/h8-17,19-20,23-28,31-32H,5-7,18H2,1-4H3/t19?,20?,23-,24-,25?,26?,27-,28-,31-,32-/m1/s1. The van der Waals surface area contributed by atoms with Crippen LogP contribution in [0.3, 0.4) is 0 Å². The molecule has 2 heterocycles. The molecule has 2 aliphatic heterocycles. The summed E-state index contributed by atoms with van der Waals surface area (Å²) in [6.45, 7) is 7.82. The molecule has 4 unspecified atom stereocenters. The number of carbonyl (C=O) groups excluding carboxylic acids is 2. The molecule has 47 heavy (non-hydrogen) atoms. The predicted molar refractivity (Wildman–Crippen MR) is 173 cm³/mol. The zero-order valence-corrected chi connectivity index (χ0v) is 27.5. The molecule has 0 radical (unpaired) electrons. The summed E-state index contributed by atoms with van der Waals surface area (Å²) in [5, 5.41) is 7.88. The second-order valence-electron chi connectivity index (χ2n) is 11.0. The van der Waals surface area contributed by atoms with E-state index in [2.05, 4.69) is 20.1 Å². The van der Waals surface area contributed by atoms with Gasteiger partial charge in [0.25, 0.3) is 0 Å². The van der Waals surface area contributed by atoms with E-state index in [1.54, 1.807) is 67.6 Å². The Morgan fingerprint density at radius 1 is 0.787 bits per heavy atom. The Morgan fingerprint density at radius 2 is 1.32 bits per heavy atom. The Kier molecular flexibility index (Phi) is 13.7. The minimum absolute atomic E-state index is 0.233. The highest BCUT2D eigenvalue weighted by Crippen LogP contribution is 2.38. The first-order valence-corrected chi connectivity index (χ1v) is 16.7. The molecule has 14 nitrogen and oxygen atoms in total. The van der Waals surface area contributed by atoms with Crippen LogP contribution in [0.4, 0.5) is 0 Å². The summed E-state index contributed by atoms with van der Waals surface area (Å²) in [5.41, 5.74) is 18.8. The topological polar surface area (TPSA) is 187 Å². The van der Waals surface area contributed by atoms with E-state index in [-0.39, 0.29) is 11.1 Å². The molecule has 2 saturated heterocycles. The zero-order chi connectivity index (χ0) is 33.8. The van der Waals surface area contributed by atoms with E-state index in [1.807, 2.05) is 20.8 Å². The van der Waals surface area contributed by atoms with Crippen molar-refractivity contribution in [3.63, 3.8) is 0 Å². The number of nitrogens with zero attached hydrogens (tertiary/aromatic N) is 6. The minimum atomic E-state index is -1.40. The van der Waals surface area contributed by atoms with Crippen molar-refractivity contribution in [3.05, 3.63) is 92.7 Å². The molecule has 2 aromatic carbocycles. The van der Waals surface area contributed by atoms with Crippen LogP contribution in [0.5, 0.6) is 0 Å². The highest BCUT2D eigenvalue weighted by atomic mass is 32.2. The molecule has 0 aromatic heterocycles. The molecule has 15 heteroatoms. The number of benzene rings is 2. The summed E-state index contributed by atoms with van der Waals surface area (Å²) < 4.78 is 37.5. The van der Waals surface area contributed by atoms with E-state index in [0.717, 1.165) is 12.8 Å². The summed E-state index contributed by atoms with van der Waals surface area (Å²) in [4.78, 5) is 32.9. The van der Waals surface area contributed by atoms with Gasteiger partial charge in [-0.3, -0.25) is 0 Å². The van der Waals surface area contributed by atoms with Crippen LogP contribution in [0, 0.1) is 0 Å². The number of carbonyl (C=O) groups is 2. The molecule has 0 bridgehead atoms. The van der Waals surface area contributed by atoms with Crippen LogP contribution in [-0.2, 0) is 28.4 Å². The van der Waals surface area contributed by atoms with Crippen molar-refractivity contribution in [3.8, 4) is 0 Å². The molecule has 0 N–H and O–H groups in total. The molecule has 2 aliphatic rings. The van der Waals surface area contributed by atoms with Gasteiger partial charge in [0.15, 0.2) is 18.5 Å². The Hall–Kier alpha value is -3.81. The molecular weight excluding hydrogens is 628 g/mol. The van der Waals surface area contributed by atoms with E-state index in [1.165, 1.54) is 11.8 Å². The van der Waals surface area contributed by atoms with E-state index in [9.17, 15) is 20.7 Å². The van der Waals surface area contributed by atoms with Crippen molar-refractivity contribution in [1.29, 1.82) is 0 Å². The molecule has 252 valence electrons. The van der Waals surface area contributed by atoms with Crippen molar-refractivity contribution in [2.24, 2.45) is 10.2 Å². The fourth-order valence-electron chi connectivity index (χ4n) is 5.46. The zero-order valence-electron chi connectivity index (χ0n) is 26.7. The average Bonchev–Trinajstić information content (AvgIpc) is 3.08. The monoisotopic (exact) mass is 668 g/mol. The normalized spacial score (nSPS) is 30.3. The lowest BCUT2D eigenvalue weighted by atomic mass is 9.95. The second-order valence-corrected chi connectivity index (χ2v) is 12.4. The van der Waals surface area contributed by atoms with E-state index in [0.29, 0.717) is 12.4 Å². The third-order valence-electron chi connectivity index (χ3n) is 7.82. The number of ether oxygens (including phenoxy) is 6. The lowest BCUT2D eigenvalue weighted by Crippen LogP contribution is -2.63. The van der Waals surface area contributed by atoms with Gasteiger partial charge in [-0.15, -0.1) is 11.8 Å². The van der Waals surface area contributed by atoms with Gasteiger partial charge in [-0.05, 0) is 61.3 Å². The third-order valence-corrected chi connectivity index (χ3v) is 8.86. The predicted octanol–water partition coefficient (Wildman–Crippen LogP) is 6.61. The Morgan fingerprint density at radius 3 is 1.85 bits per heavy atom. The van der Waals surface area contributed by atoms with Crippen molar-refractivity contribution in [2.75, 3.05) is 12.4 Å². The van der Waals surface area contributed by atoms with Crippen molar-refractivity contribution in [2.45, 2.75) is 101 Å². The number of rotatable bonds is 14. The first-order valence-electron chi connectivity index (χ1n) is 15.6. The lowest BCUT2D eigenvalue weighted by Gasteiger charge is -2.48. The van der Waals surface area contributed by atoms with E-state index >= 15 is 0 Å². The maximum atomic E-state index is 13.5. The van der Waals surface area contributed by atoms with E-state index < -0.39 is 72.4 Å². The van der Waals surface area contributed by atoms with Crippen LogP contribution in [0.1, 0.15) is 61.3 Å². The molecule has 4 rings (SSSR count). The number of esters is 2. The van der Waals surface area contributed by atoms with Crippen molar-refractivity contribution < 1.29 is 38.0 Å². The first-order chi connectivity index (χ1) is 22.8. The van der Waals surface area contributed by atoms with Gasteiger partial charge in [0, 0.05) is 16.4 Å². The SMILES string of the molecule is CCCCOC1[C@H](N=[N+]=[N-])C(C)O[C@H](SCC)[C@@H]1O[C@H]1OC(C)[C@@H](N=[N+]=[N-])C(OC(=O)c2ccccc2)[C@H]1OC(=O)c1ccccc1. The molecule has 2 aromatic rings. The Bertz CT molecular complexity index is 1410. The van der Waals surface area contributed by atoms with Crippen LogP contribution >= 0.6 is 11.8 Å². The first kappa shape index (κ1) is 36.0. The molecule has 0 spiro atoms. The minimum Gasteiger partial charge on any atom is -0.454 e. The fraction of sp³-hybridized carbons (Fsp3) is 0.562. The van der Waals surface area contributed by atoms with Gasteiger partial charge in [-0.1, -0.05) is 66.9 Å². The van der Waals surface area contributed by atoms with Crippen LogP contribution < -0.4 is 0 Å². The van der Waals surface area contributed by atoms with Gasteiger partial charge in [0.1, 0.15) is 17.6 Å². The highest BCUT2D eigenvalue weighted by molar-refractivity contribution is 7.99. The highest BCUT2D eigenvalue weighted by Gasteiger charge is 2.53. The van der Waals surface area contributed by atoms with Crippen LogP contribution in [-0.4, -0.2) is 84.7 Å². The second kappa shape index (κ2) is 17.9. The van der Waals surface area contributed by atoms with E-state index in [4.69, 9.17) is 28.4 Å². The molecular formula is C32H40N6O8S. The molecule has 0 amide bonds. The fourth-order valence-corrected chi connectivity index (χ4v) is 6.45. The van der Waals surface area contributed by atoms with Gasteiger partial charge in [-0.25, -0.2) is 9.59 Å². The lowest BCUT2D eigenvalue weighted by molar-refractivity contribution is -0.308. The van der Waals surface area contributed by atoms with Gasteiger partial charge >= 0.3 is 11.9 Å². The number of thioether (sulfide) groups is 1. The summed E-state index contributed by atoms with van der Waals surface area (Å²) in [7, 11) is 0. The van der Waals surface area contributed by atoms with Crippen molar-refractivity contribution in [1.82, 2.24) is 0 Å². The number of hydrogen-bond acceptors (Lipinski definition) is 11. The molecule has 10 atom stereocenters. The van der Waals surface area contributed by atoms with Gasteiger partial charge < -0.3 is 28.4 Å². The number of hydrogen-bond donors (Lipinski definition) is 0. The molecule has 0 aliphatic carbocycles. The Balaban J connectivity index is 1.76. The largest absolute Gasteiger partial charge is 0.454 e. The smallest absolute Gasteiger partial charge is 0.338 e. The maximum Gasteiger partial charge on any atom is 0.338 e. The van der Waals surface area contributed by atoms with Crippen molar-refractivity contribution >= 4 is 23.7 Å². The van der Waals surface area contributed by atoms with Crippen LogP contribution in [0.15, 0.2) is 70.9 Å². The molecule has 0 saturated carbocycles. The average molecular weight is 669 g/mol. The summed E-state index contributed by atoms with van der Waals surface area (Å²) >= 11 is 1.47. The van der Waals surface area contributed by atoms with Crippen LogP contribution in [0.25, 0.3) is 20.9 Å². The van der Waals surface area contributed by atoms with Gasteiger partial charge in [-0.2, -0.15) is 0 Å². The quantitative estimate of drug-likeness (QED) is 0.0702. The summed E-state index contributed by atoms with van der Waals surface area (Å²) in [6.07, 6.45) is -5.39. The van der Waals surface area contributed by atoms with Gasteiger partial charge in [0.05, 0.1) is 35.5 Å². The molecule has 2 fully saturated rings. The number of azide groups is 2. The Labute approximate surface area is 277 Å². The summed E-state index contributed by atoms with van der Waals surface area (Å²) in [6, 6.07) is 14.7.